The van der Waals surface area contributed by atoms with E-state index in [4.69, 9.17) is 9.47 Å². The molecule has 0 amide bonds. The molecular formula is C34H45F3O5. The number of benzene rings is 2. The molecule has 1 unspecified atom stereocenters. The maximum absolute atomic E-state index is 16.1. The number of halogens is 3. The summed E-state index contributed by atoms with van der Waals surface area (Å²) in [4.78, 5) is 24.7. The second-order valence-corrected chi connectivity index (χ2v) is 11.7. The lowest BCUT2D eigenvalue weighted by atomic mass is 9.67. The zero-order valence-electron chi connectivity index (χ0n) is 25.1. The molecule has 1 aliphatic rings. The Kier molecular flexibility index (Phi) is 12.7. The molecule has 1 fully saturated rings. The van der Waals surface area contributed by atoms with Crippen molar-refractivity contribution in [2.24, 2.45) is 11.8 Å². The van der Waals surface area contributed by atoms with Crippen molar-refractivity contribution in [2.45, 2.75) is 109 Å². The monoisotopic (exact) mass is 590 g/mol. The molecule has 0 aliphatic heterocycles. The van der Waals surface area contributed by atoms with Crippen molar-refractivity contribution in [3.05, 3.63) is 59.2 Å². The smallest absolute Gasteiger partial charge is 0.346 e. The van der Waals surface area contributed by atoms with Gasteiger partial charge in [0, 0.05) is 11.8 Å². The minimum Gasteiger partial charge on any atom is -0.490 e. The topological polar surface area (TPSA) is 72.8 Å². The molecule has 3 rings (SSSR count). The molecule has 0 bridgehead atoms. The highest BCUT2D eigenvalue weighted by atomic mass is 19.2. The van der Waals surface area contributed by atoms with E-state index >= 15 is 4.39 Å². The molecule has 0 spiro atoms. The second kappa shape index (κ2) is 16.0. The summed E-state index contributed by atoms with van der Waals surface area (Å²) >= 11 is 0. The first-order valence-electron chi connectivity index (χ1n) is 15.5. The number of ether oxygens (including phenoxy) is 2. The summed E-state index contributed by atoms with van der Waals surface area (Å²) < 4.78 is 56.1. The number of aliphatic carboxylic acids is 1. The van der Waals surface area contributed by atoms with Crippen molar-refractivity contribution in [2.75, 3.05) is 6.61 Å². The number of carbonyl (C=O) groups is 2. The van der Waals surface area contributed by atoms with Crippen molar-refractivity contribution in [3.8, 4) is 11.5 Å². The van der Waals surface area contributed by atoms with Crippen LogP contribution >= 0.6 is 0 Å². The first-order chi connectivity index (χ1) is 20.1. The van der Waals surface area contributed by atoms with Crippen LogP contribution in [0.4, 0.5) is 13.2 Å². The van der Waals surface area contributed by atoms with Crippen molar-refractivity contribution in [1.82, 2.24) is 0 Å². The van der Waals surface area contributed by atoms with Crippen LogP contribution in [0.2, 0.25) is 0 Å². The van der Waals surface area contributed by atoms with Gasteiger partial charge < -0.3 is 14.6 Å². The maximum atomic E-state index is 16.1. The molecule has 1 aliphatic carbocycles. The van der Waals surface area contributed by atoms with E-state index in [9.17, 15) is 23.5 Å². The van der Waals surface area contributed by atoms with Gasteiger partial charge in [-0.15, -0.1) is 0 Å². The van der Waals surface area contributed by atoms with Gasteiger partial charge in [-0.1, -0.05) is 90.7 Å². The summed E-state index contributed by atoms with van der Waals surface area (Å²) in [5, 5.41) is 9.86. The SMILES string of the molecule is CCCCCCCCCOc1ccc(C(=O)Oc2ccc(C(C)[C@H](C)[C@](F)(C(=O)O)C3CCCCC3)cc2)c(F)c1F. The van der Waals surface area contributed by atoms with Crippen LogP contribution in [-0.2, 0) is 4.79 Å². The number of carboxylic acids is 1. The standard InChI is InChI=1S/C34H45F3O5/c1-4-5-6-7-8-9-13-22-41-29-21-20-28(30(35)31(29)36)32(38)42-27-18-16-25(17-19-27)23(2)24(3)34(37,33(39)40)26-14-11-10-12-15-26/h16-21,23-24,26H,4-15,22H2,1-3H3,(H,39,40)/t23?,24-,34+/m0/s1. The van der Waals surface area contributed by atoms with E-state index < -0.39 is 52.6 Å². The fourth-order valence-corrected chi connectivity index (χ4v) is 5.96. The van der Waals surface area contributed by atoms with Gasteiger partial charge in [-0.25, -0.2) is 18.4 Å². The molecule has 0 heterocycles. The molecule has 2 aromatic carbocycles. The normalized spacial score (nSPS) is 16.8. The van der Waals surface area contributed by atoms with Crippen LogP contribution < -0.4 is 9.47 Å². The van der Waals surface area contributed by atoms with Crippen molar-refractivity contribution < 1.29 is 37.3 Å². The largest absolute Gasteiger partial charge is 0.490 e. The maximum Gasteiger partial charge on any atom is 0.346 e. The molecule has 0 saturated heterocycles. The van der Waals surface area contributed by atoms with E-state index in [1.807, 2.05) is 0 Å². The van der Waals surface area contributed by atoms with Crippen molar-refractivity contribution in [3.63, 3.8) is 0 Å². The van der Waals surface area contributed by atoms with Gasteiger partial charge in [0.05, 0.1) is 12.2 Å². The van der Waals surface area contributed by atoms with E-state index in [1.165, 1.54) is 37.5 Å². The molecule has 2 aromatic rings. The second-order valence-electron chi connectivity index (χ2n) is 11.7. The highest BCUT2D eigenvalue weighted by Crippen LogP contribution is 2.45. The van der Waals surface area contributed by atoms with E-state index in [1.54, 1.807) is 26.0 Å². The Balaban J connectivity index is 1.58. The van der Waals surface area contributed by atoms with Crippen molar-refractivity contribution >= 4 is 11.9 Å². The number of esters is 1. The third kappa shape index (κ3) is 8.29. The summed E-state index contributed by atoms with van der Waals surface area (Å²) in [5.41, 5.74) is -2.23. The molecule has 3 atom stereocenters. The Morgan fingerprint density at radius 2 is 1.52 bits per heavy atom. The lowest BCUT2D eigenvalue weighted by molar-refractivity contribution is -0.162. The van der Waals surface area contributed by atoms with Gasteiger partial charge >= 0.3 is 11.9 Å². The van der Waals surface area contributed by atoms with Crippen molar-refractivity contribution in [1.29, 1.82) is 0 Å². The Morgan fingerprint density at radius 3 is 2.14 bits per heavy atom. The average Bonchev–Trinajstić information content (AvgIpc) is 3.00. The van der Waals surface area contributed by atoms with Crippen LogP contribution in [0.15, 0.2) is 36.4 Å². The van der Waals surface area contributed by atoms with Gasteiger partial charge in [0.15, 0.2) is 11.6 Å². The number of unbranched alkanes of at least 4 members (excludes halogenated alkanes) is 6. The summed E-state index contributed by atoms with van der Waals surface area (Å²) in [5.74, 6) is -6.99. The number of carboxylic acid groups (broad SMARTS) is 1. The molecule has 1 saturated carbocycles. The van der Waals surface area contributed by atoms with Gasteiger partial charge in [-0.05, 0) is 55.0 Å². The molecule has 5 nitrogen and oxygen atoms in total. The first-order valence-corrected chi connectivity index (χ1v) is 15.5. The Morgan fingerprint density at radius 1 is 0.905 bits per heavy atom. The first kappa shape index (κ1) is 33.5. The van der Waals surface area contributed by atoms with E-state index in [2.05, 4.69) is 6.92 Å². The molecule has 8 heteroatoms. The lowest BCUT2D eigenvalue weighted by Crippen LogP contribution is -2.49. The van der Waals surface area contributed by atoms with Gasteiger partial charge in [-0.3, -0.25) is 0 Å². The third-order valence-electron chi connectivity index (χ3n) is 8.83. The highest BCUT2D eigenvalue weighted by Gasteiger charge is 2.52. The minimum absolute atomic E-state index is 0.0969. The molecule has 0 radical (unpaired) electrons. The molecule has 232 valence electrons. The van der Waals surface area contributed by atoms with Crippen LogP contribution in [0, 0.1) is 23.5 Å². The Hall–Kier alpha value is -3.03. The number of hydrogen-bond donors (Lipinski definition) is 1. The van der Waals surface area contributed by atoms with Crippen LogP contribution in [0.1, 0.15) is 120 Å². The van der Waals surface area contributed by atoms with Gasteiger partial charge in [0.1, 0.15) is 5.75 Å². The third-order valence-corrected chi connectivity index (χ3v) is 8.83. The van der Waals surface area contributed by atoms with E-state index in [-0.39, 0.29) is 18.1 Å². The van der Waals surface area contributed by atoms with Crippen LogP contribution in [0.25, 0.3) is 0 Å². The molecular weight excluding hydrogens is 545 g/mol. The number of alkyl halides is 1. The minimum atomic E-state index is -2.35. The average molecular weight is 591 g/mol. The highest BCUT2D eigenvalue weighted by molar-refractivity contribution is 5.91. The number of carbonyl (C=O) groups excluding carboxylic acids is 1. The fourth-order valence-electron chi connectivity index (χ4n) is 5.96. The number of hydrogen-bond acceptors (Lipinski definition) is 4. The van der Waals surface area contributed by atoms with Crippen LogP contribution in [0.3, 0.4) is 0 Å². The summed E-state index contributed by atoms with van der Waals surface area (Å²) in [7, 11) is 0. The van der Waals surface area contributed by atoms with Crippen LogP contribution in [0.5, 0.6) is 11.5 Å². The molecule has 42 heavy (non-hydrogen) atoms. The predicted molar refractivity (Wildman–Crippen MR) is 157 cm³/mol. The fraction of sp³-hybridized carbons (Fsp3) is 0.588. The van der Waals surface area contributed by atoms with Crippen LogP contribution in [-0.4, -0.2) is 29.3 Å². The zero-order valence-corrected chi connectivity index (χ0v) is 25.1. The summed E-state index contributed by atoms with van der Waals surface area (Å²) in [6, 6.07) is 8.57. The Labute approximate surface area is 247 Å². The molecule has 1 N–H and O–H groups in total. The van der Waals surface area contributed by atoms with Gasteiger partial charge in [0.2, 0.25) is 11.5 Å². The summed E-state index contributed by atoms with van der Waals surface area (Å²) in [6.45, 7) is 5.82. The van der Waals surface area contributed by atoms with Gasteiger partial charge in [-0.2, -0.15) is 4.39 Å². The summed E-state index contributed by atoms with van der Waals surface area (Å²) in [6.07, 6.45) is 11.2. The molecule has 0 aromatic heterocycles. The van der Waals surface area contributed by atoms with E-state index in [0.29, 0.717) is 18.4 Å². The number of rotatable bonds is 16. The van der Waals surface area contributed by atoms with E-state index in [0.717, 1.165) is 51.0 Å². The lowest BCUT2D eigenvalue weighted by Gasteiger charge is -2.39. The zero-order chi connectivity index (χ0) is 30.7. The quantitative estimate of drug-likeness (QED) is 0.120. The predicted octanol–water partition coefficient (Wildman–Crippen LogP) is 9.43. The Bertz CT molecular complexity index is 1160. The van der Waals surface area contributed by atoms with Gasteiger partial charge in [0.25, 0.3) is 0 Å².